The monoisotopic (exact) mass is 248 g/mol. The van der Waals surface area contributed by atoms with Crippen LogP contribution >= 0.6 is 0 Å². The lowest BCUT2D eigenvalue weighted by Crippen LogP contribution is -2.33. The second-order valence-electron chi connectivity index (χ2n) is 4.40. The number of methoxy groups -OCH3 is 1. The van der Waals surface area contributed by atoms with E-state index in [2.05, 4.69) is 34.6 Å². The Morgan fingerprint density at radius 1 is 1.39 bits per heavy atom. The van der Waals surface area contributed by atoms with Gasteiger partial charge in [-0.25, -0.2) is 0 Å². The van der Waals surface area contributed by atoms with Crippen molar-refractivity contribution in [2.45, 2.75) is 19.0 Å². The molecule has 0 saturated heterocycles. The molecule has 0 aliphatic rings. The predicted molar refractivity (Wildman–Crippen MR) is 72.5 cm³/mol. The van der Waals surface area contributed by atoms with E-state index < -0.39 is 0 Å². The van der Waals surface area contributed by atoms with E-state index in [1.54, 1.807) is 7.11 Å². The Balaban J connectivity index is 1.98. The van der Waals surface area contributed by atoms with E-state index in [-0.39, 0.29) is 12.6 Å². The molecule has 0 spiro atoms. The van der Waals surface area contributed by atoms with Gasteiger partial charge in [0.1, 0.15) is 0 Å². The Labute approximate surface area is 107 Å². The zero-order valence-electron chi connectivity index (χ0n) is 10.6. The number of hydrogen-bond acceptors (Lipinski definition) is 3. The minimum atomic E-state index is 0.0789. The number of H-pyrrole nitrogens is 1. The van der Waals surface area contributed by atoms with Crippen molar-refractivity contribution >= 4 is 10.9 Å². The van der Waals surface area contributed by atoms with Gasteiger partial charge >= 0.3 is 0 Å². The average molecular weight is 248 g/mol. The van der Waals surface area contributed by atoms with Crippen LogP contribution in [0.15, 0.2) is 30.5 Å². The Bertz CT molecular complexity index is 481. The average Bonchev–Trinajstić information content (AvgIpc) is 2.88. The van der Waals surface area contributed by atoms with Crippen molar-refractivity contribution in [2.24, 2.45) is 0 Å². The zero-order valence-corrected chi connectivity index (χ0v) is 10.6. The normalized spacial score (nSPS) is 13.0. The summed E-state index contributed by atoms with van der Waals surface area (Å²) >= 11 is 0. The molecule has 1 aromatic heterocycles. The summed E-state index contributed by atoms with van der Waals surface area (Å²) in [4.78, 5) is 3.25. The number of aromatic nitrogens is 1. The topological polar surface area (TPSA) is 57.3 Å². The molecule has 18 heavy (non-hydrogen) atoms. The fourth-order valence-corrected chi connectivity index (χ4v) is 2.07. The highest BCUT2D eigenvalue weighted by atomic mass is 16.5. The molecule has 98 valence electrons. The fourth-order valence-electron chi connectivity index (χ4n) is 2.07. The molecule has 1 atom stereocenters. The number of hydrogen-bond donors (Lipinski definition) is 3. The van der Waals surface area contributed by atoms with E-state index in [4.69, 9.17) is 4.74 Å². The number of fused-ring (bicyclic) bond motifs is 1. The molecule has 4 heteroatoms. The summed E-state index contributed by atoms with van der Waals surface area (Å²) in [5.41, 5.74) is 2.38. The molecule has 1 unspecified atom stereocenters. The van der Waals surface area contributed by atoms with Gasteiger partial charge in [-0.1, -0.05) is 18.2 Å². The van der Waals surface area contributed by atoms with Crippen LogP contribution in [0, 0.1) is 0 Å². The highest BCUT2D eigenvalue weighted by Crippen LogP contribution is 2.16. The molecule has 4 nitrogen and oxygen atoms in total. The van der Waals surface area contributed by atoms with E-state index in [0.29, 0.717) is 6.61 Å². The molecule has 0 bridgehead atoms. The first-order chi connectivity index (χ1) is 8.85. The van der Waals surface area contributed by atoms with Gasteiger partial charge in [0.05, 0.1) is 6.61 Å². The van der Waals surface area contributed by atoms with Crippen LogP contribution < -0.4 is 5.32 Å². The van der Waals surface area contributed by atoms with E-state index in [1.807, 2.05) is 6.20 Å². The van der Waals surface area contributed by atoms with Gasteiger partial charge < -0.3 is 20.1 Å². The molecule has 1 aromatic carbocycles. The van der Waals surface area contributed by atoms with E-state index in [1.165, 1.54) is 10.9 Å². The van der Waals surface area contributed by atoms with Crippen molar-refractivity contribution in [3.8, 4) is 0 Å². The van der Waals surface area contributed by atoms with Crippen LogP contribution in [0.25, 0.3) is 10.9 Å². The summed E-state index contributed by atoms with van der Waals surface area (Å²) in [7, 11) is 1.67. The lowest BCUT2D eigenvalue weighted by molar-refractivity contribution is 0.159. The summed E-state index contributed by atoms with van der Waals surface area (Å²) in [6.45, 7) is 1.53. The van der Waals surface area contributed by atoms with Gasteiger partial charge in [0, 0.05) is 38.0 Å². The zero-order chi connectivity index (χ0) is 12.8. The number of rotatable bonds is 7. The van der Waals surface area contributed by atoms with Crippen molar-refractivity contribution in [1.82, 2.24) is 10.3 Å². The number of para-hydroxylation sites is 1. The lowest BCUT2D eigenvalue weighted by atomic mass is 10.1. The molecule has 0 aliphatic heterocycles. The Hall–Kier alpha value is -1.36. The lowest BCUT2D eigenvalue weighted by Gasteiger charge is -2.16. The molecule has 2 rings (SSSR count). The quantitative estimate of drug-likeness (QED) is 0.698. The first-order valence-electron chi connectivity index (χ1n) is 6.23. The van der Waals surface area contributed by atoms with Crippen molar-refractivity contribution in [1.29, 1.82) is 0 Å². The van der Waals surface area contributed by atoms with Crippen LogP contribution in [-0.4, -0.2) is 36.5 Å². The molecule has 2 aromatic rings. The van der Waals surface area contributed by atoms with E-state index in [0.717, 1.165) is 18.5 Å². The van der Waals surface area contributed by atoms with E-state index in [9.17, 15) is 5.11 Å². The molecule has 3 N–H and O–H groups in total. The Morgan fingerprint density at radius 2 is 2.28 bits per heavy atom. The summed E-state index contributed by atoms with van der Waals surface area (Å²) < 4.78 is 5.03. The van der Waals surface area contributed by atoms with Crippen LogP contribution in [-0.2, 0) is 11.3 Å². The number of ether oxygens (including phenoxy) is 1. The van der Waals surface area contributed by atoms with Gasteiger partial charge in [0.25, 0.3) is 0 Å². The molecule has 0 radical (unpaired) electrons. The summed E-state index contributed by atoms with van der Waals surface area (Å²) in [5.74, 6) is 0. The Morgan fingerprint density at radius 3 is 3.06 bits per heavy atom. The Kier molecular flexibility index (Phi) is 4.75. The molecule has 0 aliphatic carbocycles. The van der Waals surface area contributed by atoms with E-state index >= 15 is 0 Å². The maximum atomic E-state index is 9.28. The molecule has 0 saturated carbocycles. The number of aliphatic hydroxyl groups excluding tert-OH is 1. The second kappa shape index (κ2) is 6.54. The van der Waals surface area contributed by atoms with Gasteiger partial charge in [-0.05, 0) is 23.4 Å². The number of aromatic amines is 1. The fraction of sp³-hybridized carbons (Fsp3) is 0.429. The summed E-state index contributed by atoms with van der Waals surface area (Å²) in [6.07, 6.45) is 2.76. The molecule has 0 fully saturated rings. The minimum absolute atomic E-state index is 0.0789. The maximum Gasteiger partial charge on any atom is 0.0585 e. The van der Waals surface area contributed by atoms with Crippen molar-refractivity contribution in [3.05, 3.63) is 36.0 Å². The summed E-state index contributed by atoms with van der Waals surface area (Å²) in [6, 6.07) is 8.37. The number of benzene rings is 1. The van der Waals surface area contributed by atoms with Crippen molar-refractivity contribution < 1.29 is 9.84 Å². The highest BCUT2D eigenvalue weighted by Gasteiger charge is 2.08. The van der Waals surface area contributed by atoms with Gasteiger partial charge in [0.15, 0.2) is 0 Å². The van der Waals surface area contributed by atoms with Gasteiger partial charge in [-0.3, -0.25) is 0 Å². The SMILES string of the molecule is COCCC(CO)NCc1cccc2cc[nH]c12. The largest absolute Gasteiger partial charge is 0.395 e. The first kappa shape index (κ1) is 13.1. The molecule has 1 heterocycles. The highest BCUT2D eigenvalue weighted by molar-refractivity contribution is 5.82. The predicted octanol–water partition coefficient (Wildman–Crippen LogP) is 1.65. The number of aliphatic hydroxyl groups is 1. The third-order valence-corrected chi connectivity index (χ3v) is 3.15. The van der Waals surface area contributed by atoms with Crippen LogP contribution in [0.1, 0.15) is 12.0 Å². The maximum absolute atomic E-state index is 9.28. The van der Waals surface area contributed by atoms with Gasteiger partial charge in [-0.15, -0.1) is 0 Å². The minimum Gasteiger partial charge on any atom is -0.395 e. The third kappa shape index (κ3) is 3.10. The second-order valence-corrected chi connectivity index (χ2v) is 4.40. The standard InChI is InChI=1S/C14H20N2O2/c1-18-8-6-13(10-17)16-9-12-4-2-3-11-5-7-15-14(11)12/h2-5,7,13,15-17H,6,8-10H2,1H3. The van der Waals surface area contributed by atoms with Gasteiger partial charge in [0.2, 0.25) is 0 Å². The smallest absolute Gasteiger partial charge is 0.0585 e. The van der Waals surface area contributed by atoms with Crippen LogP contribution in [0.4, 0.5) is 0 Å². The van der Waals surface area contributed by atoms with Crippen molar-refractivity contribution in [2.75, 3.05) is 20.3 Å². The van der Waals surface area contributed by atoms with Crippen LogP contribution in [0.5, 0.6) is 0 Å². The van der Waals surface area contributed by atoms with Crippen molar-refractivity contribution in [3.63, 3.8) is 0 Å². The summed E-state index contributed by atoms with van der Waals surface area (Å²) in [5, 5.41) is 13.8. The van der Waals surface area contributed by atoms with Crippen LogP contribution in [0.3, 0.4) is 0 Å². The van der Waals surface area contributed by atoms with Gasteiger partial charge in [-0.2, -0.15) is 0 Å². The first-order valence-corrected chi connectivity index (χ1v) is 6.23. The molecular formula is C14H20N2O2. The molecular weight excluding hydrogens is 228 g/mol. The third-order valence-electron chi connectivity index (χ3n) is 3.15. The van der Waals surface area contributed by atoms with Crippen LogP contribution in [0.2, 0.25) is 0 Å². The number of nitrogens with one attached hydrogen (secondary N) is 2. The molecule has 0 amide bonds.